The Hall–Kier alpha value is 2.05. The van der Waals surface area contributed by atoms with Crippen molar-refractivity contribution in [3.8, 4) is 0 Å². The molecule has 0 radical (unpaired) electrons. The smallest absolute Gasteiger partial charge is 0.772 e. The molecule has 0 bridgehead atoms. The molecule has 0 saturated carbocycles. The molecule has 82 valence electrons. The first-order valence-electron chi connectivity index (χ1n) is 3.82. The van der Waals surface area contributed by atoms with Gasteiger partial charge in [0.15, 0.2) is 3.54 Å². The maximum Gasteiger partial charge on any atom is 1.00 e. The van der Waals surface area contributed by atoms with E-state index in [1.54, 1.807) is 33.3 Å². The van der Waals surface area contributed by atoms with Crippen molar-refractivity contribution in [1.29, 1.82) is 0 Å². The van der Waals surface area contributed by atoms with Gasteiger partial charge in [0, 0.05) is 17.7 Å². The standard InChI is InChI=1S/C6H11NO2S5.Na/c8-14(9)5-1-3-12-13-6(10)7-2-4-11-6;/h2,4,7,10H,1,3,5H2,(H,8,9);/q;+1/p-1. The Kier molecular flexibility index (Phi) is 10.3. The molecule has 0 aromatic heterocycles. The fraction of sp³-hybridized carbons (Fsp3) is 0.667. The van der Waals surface area contributed by atoms with Crippen LogP contribution in [-0.4, -0.2) is 23.8 Å². The molecule has 1 aliphatic heterocycles. The number of hydrogen-bond donors (Lipinski definition) is 2. The van der Waals surface area contributed by atoms with Crippen molar-refractivity contribution in [2.24, 2.45) is 0 Å². The monoisotopic (exact) mass is 311 g/mol. The van der Waals surface area contributed by atoms with E-state index in [9.17, 15) is 8.76 Å². The van der Waals surface area contributed by atoms with Crippen LogP contribution in [0, 0.1) is 0 Å². The van der Waals surface area contributed by atoms with Crippen molar-refractivity contribution in [2.75, 3.05) is 11.5 Å². The fourth-order valence-corrected chi connectivity index (χ4v) is 5.41. The van der Waals surface area contributed by atoms with Crippen LogP contribution in [-0.2, 0) is 11.1 Å². The summed E-state index contributed by atoms with van der Waals surface area (Å²) in [5.41, 5.74) is 0. The van der Waals surface area contributed by atoms with Crippen molar-refractivity contribution < 1.29 is 38.3 Å². The maximum atomic E-state index is 10.2. The van der Waals surface area contributed by atoms with E-state index in [0.717, 1.165) is 5.75 Å². The molecule has 1 heterocycles. The summed E-state index contributed by atoms with van der Waals surface area (Å²) < 4.78 is 20.2. The summed E-state index contributed by atoms with van der Waals surface area (Å²) in [6.45, 7) is 0. The van der Waals surface area contributed by atoms with Gasteiger partial charge in [0.25, 0.3) is 0 Å². The van der Waals surface area contributed by atoms with Crippen molar-refractivity contribution in [1.82, 2.24) is 5.32 Å². The third-order valence-electron chi connectivity index (χ3n) is 1.27. The van der Waals surface area contributed by atoms with Gasteiger partial charge in [-0.05, 0) is 22.6 Å². The molecule has 0 saturated heterocycles. The third kappa shape index (κ3) is 7.88. The van der Waals surface area contributed by atoms with E-state index in [4.69, 9.17) is 0 Å². The Morgan fingerprint density at radius 1 is 1.67 bits per heavy atom. The molecule has 0 amide bonds. The van der Waals surface area contributed by atoms with Crippen LogP contribution >= 0.6 is 46.0 Å². The normalized spacial score (nSPS) is 25.7. The second-order valence-electron chi connectivity index (χ2n) is 2.41. The van der Waals surface area contributed by atoms with Gasteiger partial charge in [0.05, 0.1) is 0 Å². The first-order chi connectivity index (χ1) is 6.62. The predicted octanol–water partition coefficient (Wildman–Crippen LogP) is -1.01. The van der Waals surface area contributed by atoms with Crippen LogP contribution in [0.1, 0.15) is 6.42 Å². The molecule has 2 atom stereocenters. The summed E-state index contributed by atoms with van der Waals surface area (Å²) in [6, 6.07) is 0. The van der Waals surface area contributed by atoms with Crippen LogP contribution in [0.5, 0.6) is 0 Å². The first kappa shape index (κ1) is 17.1. The Labute approximate surface area is 132 Å². The predicted molar refractivity (Wildman–Crippen MR) is 70.0 cm³/mol. The van der Waals surface area contributed by atoms with Gasteiger partial charge in [-0.25, -0.2) is 0 Å². The third-order valence-corrected chi connectivity index (χ3v) is 7.07. The molecule has 0 aromatic carbocycles. The molecule has 1 aliphatic rings. The summed E-state index contributed by atoms with van der Waals surface area (Å²) in [6.07, 6.45) is 2.55. The summed E-state index contributed by atoms with van der Waals surface area (Å²) in [5.74, 6) is 1.06. The molecule has 1 N–H and O–H groups in total. The summed E-state index contributed by atoms with van der Waals surface area (Å²) in [5, 5.41) is 5.05. The number of hydrogen-bond acceptors (Lipinski definition) is 7. The van der Waals surface area contributed by atoms with Crippen molar-refractivity contribution in [3.63, 3.8) is 0 Å². The van der Waals surface area contributed by atoms with Crippen molar-refractivity contribution >= 4 is 57.1 Å². The van der Waals surface area contributed by atoms with E-state index in [-0.39, 0.29) is 38.8 Å². The van der Waals surface area contributed by atoms with Gasteiger partial charge in [-0.1, -0.05) is 33.6 Å². The number of thioether (sulfide) groups is 1. The van der Waals surface area contributed by atoms with Gasteiger partial charge < -0.3 is 9.87 Å². The second kappa shape index (κ2) is 9.04. The van der Waals surface area contributed by atoms with Crippen LogP contribution in [0.3, 0.4) is 0 Å². The second-order valence-corrected chi connectivity index (χ2v) is 8.71. The van der Waals surface area contributed by atoms with Crippen molar-refractivity contribution in [3.05, 3.63) is 11.6 Å². The average Bonchev–Trinajstić information content (AvgIpc) is 2.51. The molecular formula is C6H10NNaO2S5. The SMILES string of the molecule is O=S([O-])CCCSSC1(S)NC=CS1.[Na+]. The molecule has 0 aromatic rings. The number of nitrogens with one attached hydrogen (secondary N) is 1. The van der Waals surface area contributed by atoms with E-state index in [2.05, 4.69) is 17.9 Å². The van der Waals surface area contributed by atoms with Crippen LogP contribution < -0.4 is 34.9 Å². The Balaban J connectivity index is 0.00000196. The van der Waals surface area contributed by atoms with E-state index in [1.807, 2.05) is 11.6 Å². The van der Waals surface area contributed by atoms with Crippen molar-refractivity contribution in [2.45, 2.75) is 9.96 Å². The summed E-state index contributed by atoms with van der Waals surface area (Å²) in [4.78, 5) is 0. The first-order valence-corrected chi connectivity index (χ1v) is 8.71. The topological polar surface area (TPSA) is 52.2 Å². The quantitative estimate of drug-likeness (QED) is 0.164. The number of thiol groups is 1. The Bertz CT molecular complexity index is 232. The minimum absolute atomic E-state index is 0. The van der Waals surface area contributed by atoms with Gasteiger partial charge in [0.1, 0.15) is 0 Å². The van der Waals surface area contributed by atoms with Crippen LogP contribution in [0.2, 0.25) is 0 Å². The Morgan fingerprint density at radius 3 is 2.93 bits per heavy atom. The van der Waals surface area contributed by atoms with Crippen LogP contribution in [0.15, 0.2) is 11.6 Å². The van der Waals surface area contributed by atoms with E-state index < -0.39 is 11.1 Å². The summed E-state index contributed by atoms with van der Waals surface area (Å²) in [7, 11) is 3.24. The Morgan fingerprint density at radius 2 is 2.40 bits per heavy atom. The fourth-order valence-electron chi connectivity index (χ4n) is 0.701. The molecule has 9 heteroatoms. The van der Waals surface area contributed by atoms with E-state index in [1.165, 1.54) is 0 Å². The minimum atomic E-state index is -1.91. The summed E-state index contributed by atoms with van der Waals surface area (Å²) >= 11 is 4.13. The van der Waals surface area contributed by atoms with Gasteiger partial charge in [-0.2, -0.15) is 0 Å². The van der Waals surface area contributed by atoms with Crippen LogP contribution in [0.4, 0.5) is 0 Å². The van der Waals surface area contributed by atoms with E-state index >= 15 is 0 Å². The van der Waals surface area contributed by atoms with Crippen LogP contribution in [0.25, 0.3) is 0 Å². The van der Waals surface area contributed by atoms with Gasteiger partial charge in [-0.15, -0.1) is 12.6 Å². The zero-order valence-electron chi connectivity index (χ0n) is 8.17. The molecule has 2 unspecified atom stereocenters. The molecule has 0 spiro atoms. The number of rotatable bonds is 6. The van der Waals surface area contributed by atoms with E-state index in [0.29, 0.717) is 6.42 Å². The molecular weight excluding hydrogens is 301 g/mol. The molecule has 3 nitrogen and oxygen atoms in total. The van der Waals surface area contributed by atoms with Gasteiger partial charge >= 0.3 is 29.6 Å². The van der Waals surface area contributed by atoms with Gasteiger partial charge in [-0.3, -0.25) is 4.21 Å². The molecule has 0 fully saturated rings. The average molecular weight is 311 g/mol. The zero-order valence-corrected chi connectivity index (χ0v) is 14.3. The minimum Gasteiger partial charge on any atom is -0.772 e. The molecule has 1 rings (SSSR count). The molecule has 0 aliphatic carbocycles. The zero-order chi connectivity index (χ0) is 10.4. The van der Waals surface area contributed by atoms with Gasteiger partial charge in [0.2, 0.25) is 0 Å². The molecule has 15 heavy (non-hydrogen) atoms. The largest absolute Gasteiger partial charge is 1.00 e. The maximum absolute atomic E-state index is 10.2.